The highest BCUT2D eigenvalue weighted by molar-refractivity contribution is 7.22. The van der Waals surface area contributed by atoms with Gasteiger partial charge in [0.2, 0.25) is 17.6 Å². The summed E-state index contributed by atoms with van der Waals surface area (Å²) in [5.41, 5.74) is 1.83. The first-order chi connectivity index (χ1) is 14.8. The topological polar surface area (TPSA) is 81.4 Å². The zero-order chi connectivity index (χ0) is 20.3. The molecule has 9 heteroatoms. The summed E-state index contributed by atoms with van der Waals surface area (Å²) in [7, 11) is 0. The van der Waals surface area contributed by atoms with Crippen molar-refractivity contribution in [3.63, 3.8) is 0 Å². The minimum absolute atomic E-state index is 0.0140. The molecule has 7 nitrogen and oxygen atoms in total. The summed E-state index contributed by atoms with van der Waals surface area (Å²) in [5.74, 6) is 1.01. The molecule has 4 heterocycles. The van der Waals surface area contributed by atoms with Crippen molar-refractivity contribution in [3.8, 4) is 11.4 Å². The van der Waals surface area contributed by atoms with E-state index in [1.165, 1.54) is 11.3 Å². The number of rotatable bonds is 7. The SMILES string of the molecule is O=C(CCc1nc(-c2ccsc2)no1)N(CC1CCCO1)c1nc2ccccc2s1. The highest BCUT2D eigenvalue weighted by atomic mass is 32.1. The highest BCUT2D eigenvalue weighted by Gasteiger charge is 2.26. The first-order valence-electron chi connectivity index (χ1n) is 9.89. The Hall–Kier alpha value is -2.62. The molecular formula is C21H20N4O3S2. The molecule has 1 saturated heterocycles. The molecule has 0 aliphatic carbocycles. The number of amides is 1. The summed E-state index contributed by atoms with van der Waals surface area (Å²) in [6.07, 6.45) is 2.70. The first kappa shape index (κ1) is 19.3. The molecule has 1 atom stereocenters. The number of ether oxygens (including phenoxy) is 1. The molecule has 1 aliphatic rings. The molecule has 0 saturated carbocycles. The molecule has 30 heavy (non-hydrogen) atoms. The van der Waals surface area contributed by atoms with E-state index in [2.05, 4.69) is 15.1 Å². The maximum absolute atomic E-state index is 13.2. The Labute approximate surface area is 181 Å². The second-order valence-corrected chi connectivity index (χ2v) is 8.92. The van der Waals surface area contributed by atoms with Crippen molar-refractivity contribution in [1.82, 2.24) is 15.1 Å². The Kier molecular flexibility index (Phi) is 5.56. The zero-order valence-electron chi connectivity index (χ0n) is 16.2. The van der Waals surface area contributed by atoms with Crippen molar-refractivity contribution < 1.29 is 14.1 Å². The second-order valence-electron chi connectivity index (χ2n) is 7.13. The monoisotopic (exact) mass is 440 g/mol. The van der Waals surface area contributed by atoms with E-state index in [1.54, 1.807) is 16.2 Å². The summed E-state index contributed by atoms with van der Waals surface area (Å²) in [5, 5.41) is 8.66. The second kappa shape index (κ2) is 8.63. The average molecular weight is 441 g/mol. The van der Waals surface area contributed by atoms with Crippen LogP contribution in [0.1, 0.15) is 25.2 Å². The lowest BCUT2D eigenvalue weighted by Gasteiger charge is -2.22. The van der Waals surface area contributed by atoms with E-state index in [1.807, 2.05) is 41.1 Å². The standard InChI is InChI=1S/C21H20N4O3S2/c26-19(8-7-18-23-20(24-28-18)14-9-11-29-13-14)25(12-15-4-3-10-27-15)21-22-16-5-1-2-6-17(16)30-21/h1-2,5-6,9,11,13,15H,3-4,7-8,10,12H2. The number of hydrogen-bond acceptors (Lipinski definition) is 8. The van der Waals surface area contributed by atoms with Crippen molar-refractivity contribution in [3.05, 3.63) is 47.0 Å². The number of para-hydroxylation sites is 1. The van der Waals surface area contributed by atoms with Crippen LogP contribution in [0.25, 0.3) is 21.6 Å². The fourth-order valence-corrected chi connectivity index (χ4v) is 5.09. The molecule has 5 rings (SSSR count). The van der Waals surface area contributed by atoms with Crippen LogP contribution in [0.3, 0.4) is 0 Å². The molecule has 1 aromatic carbocycles. The Morgan fingerprint density at radius 3 is 2.97 bits per heavy atom. The number of thiophene rings is 1. The predicted octanol–water partition coefficient (Wildman–Crippen LogP) is 4.55. The van der Waals surface area contributed by atoms with Crippen LogP contribution in [-0.4, -0.2) is 40.3 Å². The van der Waals surface area contributed by atoms with Crippen molar-refractivity contribution in [2.24, 2.45) is 0 Å². The molecule has 1 amide bonds. The van der Waals surface area contributed by atoms with Gasteiger partial charge in [-0.2, -0.15) is 16.3 Å². The Morgan fingerprint density at radius 1 is 1.23 bits per heavy atom. The molecule has 0 spiro atoms. The summed E-state index contributed by atoms with van der Waals surface area (Å²) < 4.78 is 12.2. The summed E-state index contributed by atoms with van der Waals surface area (Å²) >= 11 is 3.11. The number of anilines is 1. The number of carbonyl (C=O) groups is 1. The lowest BCUT2D eigenvalue weighted by molar-refractivity contribution is -0.119. The minimum atomic E-state index is -0.0140. The fraction of sp³-hybridized carbons (Fsp3) is 0.333. The van der Waals surface area contributed by atoms with E-state index in [0.717, 1.165) is 35.2 Å². The molecule has 0 radical (unpaired) electrons. The molecule has 1 unspecified atom stereocenters. The normalized spacial score (nSPS) is 16.3. The van der Waals surface area contributed by atoms with E-state index in [4.69, 9.17) is 9.26 Å². The van der Waals surface area contributed by atoms with Crippen LogP contribution >= 0.6 is 22.7 Å². The van der Waals surface area contributed by atoms with Gasteiger partial charge in [0.05, 0.1) is 22.9 Å². The smallest absolute Gasteiger partial charge is 0.229 e. The third kappa shape index (κ3) is 4.14. The van der Waals surface area contributed by atoms with Gasteiger partial charge in [0.15, 0.2) is 5.13 Å². The number of aromatic nitrogens is 3. The number of thiazole rings is 1. The third-order valence-corrected chi connectivity index (χ3v) is 6.77. The zero-order valence-corrected chi connectivity index (χ0v) is 17.8. The number of fused-ring (bicyclic) bond motifs is 1. The molecule has 3 aromatic heterocycles. The van der Waals surface area contributed by atoms with Crippen LogP contribution in [0.2, 0.25) is 0 Å². The number of hydrogen-bond donors (Lipinski definition) is 0. The minimum Gasteiger partial charge on any atom is -0.376 e. The van der Waals surface area contributed by atoms with Gasteiger partial charge < -0.3 is 9.26 Å². The van der Waals surface area contributed by atoms with Crippen molar-refractivity contribution in [2.75, 3.05) is 18.1 Å². The molecule has 0 bridgehead atoms. The van der Waals surface area contributed by atoms with Crippen LogP contribution in [0, 0.1) is 0 Å². The van der Waals surface area contributed by atoms with Gasteiger partial charge in [0.25, 0.3) is 0 Å². The highest BCUT2D eigenvalue weighted by Crippen LogP contribution is 2.30. The van der Waals surface area contributed by atoms with Crippen molar-refractivity contribution in [1.29, 1.82) is 0 Å². The van der Waals surface area contributed by atoms with Crippen molar-refractivity contribution >= 4 is 43.9 Å². The molecule has 154 valence electrons. The summed E-state index contributed by atoms with van der Waals surface area (Å²) in [6, 6.07) is 9.88. The maximum Gasteiger partial charge on any atom is 0.229 e. The van der Waals surface area contributed by atoms with E-state index in [-0.39, 0.29) is 18.4 Å². The Bertz CT molecular complexity index is 1100. The first-order valence-corrected chi connectivity index (χ1v) is 11.6. The number of carbonyl (C=O) groups excluding carboxylic acids is 1. The van der Waals surface area contributed by atoms with E-state index >= 15 is 0 Å². The quantitative estimate of drug-likeness (QED) is 0.419. The molecule has 4 aromatic rings. The molecular weight excluding hydrogens is 420 g/mol. The van der Waals surface area contributed by atoms with Gasteiger partial charge in [-0.05, 0) is 36.4 Å². The third-order valence-electron chi connectivity index (χ3n) is 5.02. The van der Waals surface area contributed by atoms with Gasteiger partial charge >= 0.3 is 0 Å². The van der Waals surface area contributed by atoms with Crippen LogP contribution in [0.5, 0.6) is 0 Å². The van der Waals surface area contributed by atoms with Gasteiger partial charge in [-0.15, -0.1) is 0 Å². The van der Waals surface area contributed by atoms with Crippen LogP contribution in [0.4, 0.5) is 5.13 Å². The van der Waals surface area contributed by atoms with Gasteiger partial charge in [0.1, 0.15) is 0 Å². The number of aryl methyl sites for hydroxylation is 1. The van der Waals surface area contributed by atoms with E-state index in [9.17, 15) is 4.79 Å². The van der Waals surface area contributed by atoms with Crippen molar-refractivity contribution in [2.45, 2.75) is 31.8 Å². The van der Waals surface area contributed by atoms with Crippen LogP contribution in [0.15, 0.2) is 45.6 Å². The number of benzene rings is 1. The van der Waals surface area contributed by atoms with Crippen LogP contribution < -0.4 is 4.90 Å². The lowest BCUT2D eigenvalue weighted by atomic mass is 10.2. The Morgan fingerprint density at radius 2 is 2.17 bits per heavy atom. The fourth-order valence-electron chi connectivity index (χ4n) is 3.47. The lowest BCUT2D eigenvalue weighted by Crippen LogP contribution is -2.37. The average Bonchev–Trinajstić information content (AvgIpc) is 3.55. The van der Waals surface area contributed by atoms with Gasteiger partial charge in [-0.1, -0.05) is 28.6 Å². The number of nitrogens with zero attached hydrogens (tertiary/aromatic N) is 4. The summed E-state index contributed by atoms with van der Waals surface area (Å²) in [6.45, 7) is 1.27. The largest absolute Gasteiger partial charge is 0.376 e. The van der Waals surface area contributed by atoms with Gasteiger partial charge in [-0.25, -0.2) is 4.98 Å². The molecule has 1 aliphatic heterocycles. The Balaban J connectivity index is 1.32. The predicted molar refractivity (Wildman–Crippen MR) is 117 cm³/mol. The van der Waals surface area contributed by atoms with E-state index < -0.39 is 0 Å². The van der Waals surface area contributed by atoms with E-state index in [0.29, 0.717) is 29.8 Å². The van der Waals surface area contributed by atoms with Gasteiger partial charge in [0, 0.05) is 30.4 Å². The van der Waals surface area contributed by atoms with Crippen LogP contribution in [-0.2, 0) is 16.0 Å². The summed E-state index contributed by atoms with van der Waals surface area (Å²) in [4.78, 5) is 24.0. The molecule has 1 fully saturated rings. The van der Waals surface area contributed by atoms with Gasteiger partial charge in [-0.3, -0.25) is 9.69 Å². The molecule has 0 N–H and O–H groups in total. The maximum atomic E-state index is 13.2.